The highest BCUT2D eigenvalue weighted by molar-refractivity contribution is 7.09. The van der Waals surface area contributed by atoms with E-state index in [9.17, 15) is 0 Å². The molecule has 1 aromatic carbocycles. The molecule has 0 spiro atoms. The molecule has 0 aliphatic carbocycles. The molecular formula is C16H20Cl2N2S. The Hall–Kier alpha value is -0.610. The monoisotopic (exact) mass is 342 g/mol. The average Bonchev–Trinajstić information content (AvgIpc) is 2.84. The molecule has 2 nitrogen and oxygen atoms in total. The second-order valence-electron chi connectivity index (χ2n) is 5.15. The van der Waals surface area contributed by atoms with Gasteiger partial charge in [0.1, 0.15) is 0 Å². The van der Waals surface area contributed by atoms with Gasteiger partial charge in [-0.1, -0.05) is 36.2 Å². The van der Waals surface area contributed by atoms with Gasteiger partial charge in [0.2, 0.25) is 0 Å². The standard InChI is InChI=1S/C16H20Cl2N2S/c1-3-6-19-14(9-15-10-21-11(2)20-15)7-12-4-5-13(17)8-16(12)18/h4-5,8,10,14,19H,3,6-7,9H2,1-2H3. The normalized spacial score (nSPS) is 12.6. The van der Waals surface area contributed by atoms with E-state index in [1.165, 1.54) is 0 Å². The van der Waals surface area contributed by atoms with Crippen LogP contribution >= 0.6 is 34.5 Å². The molecule has 1 N–H and O–H groups in total. The Morgan fingerprint density at radius 3 is 2.71 bits per heavy atom. The Morgan fingerprint density at radius 1 is 1.29 bits per heavy atom. The summed E-state index contributed by atoms with van der Waals surface area (Å²) in [7, 11) is 0. The number of benzene rings is 1. The van der Waals surface area contributed by atoms with Crippen molar-refractivity contribution in [3.63, 3.8) is 0 Å². The van der Waals surface area contributed by atoms with Crippen LogP contribution < -0.4 is 5.32 Å². The zero-order valence-electron chi connectivity index (χ0n) is 12.3. The van der Waals surface area contributed by atoms with Crippen molar-refractivity contribution in [1.82, 2.24) is 10.3 Å². The third kappa shape index (κ3) is 5.26. The first-order valence-corrected chi connectivity index (χ1v) is 8.80. The van der Waals surface area contributed by atoms with Gasteiger partial charge in [0, 0.05) is 27.9 Å². The first kappa shape index (κ1) is 16.8. The molecule has 0 saturated heterocycles. The predicted molar refractivity (Wildman–Crippen MR) is 92.8 cm³/mol. The van der Waals surface area contributed by atoms with Crippen LogP contribution in [0.5, 0.6) is 0 Å². The summed E-state index contributed by atoms with van der Waals surface area (Å²) >= 11 is 13.9. The van der Waals surface area contributed by atoms with E-state index in [2.05, 4.69) is 22.6 Å². The van der Waals surface area contributed by atoms with Gasteiger partial charge in [-0.2, -0.15) is 0 Å². The largest absolute Gasteiger partial charge is 0.313 e. The molecule has 0 aliphatic heterocycles. The van der Waals surface area contributed by atoms with Crippen molar-refractivity contribution in [2.24, 2.45) is 0 Å². The summed E-state index contributed by atoms with van der Waals surface area (Å²) in [6.07, 6.45) is 2.91. The lowest BCUT2D eigenvalue weighted by molar-refractivity contribution is 0.501. The summed E-state index contributed by atoms with van der Waals surface area (Å²) < 4.78 is 0. The molecule has 1 unspecified atom stereocenters. The highest BCUT2D eigenvalue weighted by Crippen LogP contribution is 2.23. The predicted octanol–water partition coefficient (Wildman–Crippen LogP) is 4.91. The number of thiazole rings is 1. The van der Waals surface area contributed by atoms with Crippen LogP contribution in [0.4, 0.5) is 0 Å². The fourth-order valence-corrected chi connectivity index (χ4v) is 3.38. The van der Waals surface area contributed by atoms with E-state index in [1.54, 1.807) is 11.3 Å². The minimum Gasteiger partial charge on any atom is -0.313 e. The Kier molecular flexibility index (Phi) is 6.49. The van der Waals surface area contributed by atoms with Gasteiger partial charge in [0.15, 0.2) is 0 Å². The summed E-state index contributed by atoms with van der Waals surface area (Å²) in [6, 6.07) is 6.05. The van der Waals surface area contributed by atoms with Gasteiger partial charge in [0.05, 0.1) is 10.7 Å². The quantitative estimate of drug-likeness (QED) is 0.772. The van der Waals surface area contributed by atoms with Crippen LogP contribution in [-0.2, 0) is 12.8 Å². The Labute approximate surface area is 140 Å². The molecule has 114 valence electrons. The van der Waals surface area contributed by atoms with Crippen molar-refractivity contribution in [3.05, 3.63) is 49.9 Å². The molecule has 1 atom stereocenters. The maximum absolute atomic E-state index is 6.29. The summed E-state index contributed by atoms with van der Waals surface area (Å²) in [5.41, 5.74) is 2.28. The molecule has 0 bridgehead atoms. The maximum atomic E-state index is 6.29. The second kappa shape index (κ2) is 8.14. The van der Waals surface area contributed by atoms with Crippen LogP contribution in [0.1, 0.15) is 29.6 Å². The third-order valence-corrected chi connectivity index (χ3v) is 4.70. The van der Waals surface area contributed by atoms with Crippen LogP contribution in [0.3, 0.4) is 0 Å². The molecule has 21 heavy (non-hydrogen) atoms. The number of nitrogens with zero attached hydrogens (tertiary/aromatic N) is 1. The van der Waals surface area contributed by atoms with E-state index in [0.29, 0.717) is 11.1 Å². The summed E-state index contributed by atoms with van der Waals surface area (Å²) in [5.74, 6) is 0. The van der Waals surface area contributed by atoms with Crippen LogP contribution in [0.2, 0.25) is 10.0 Å². The smallest absolute Gasteiger partial charge is 0.0897 e. The number of hydrogen-bond acceptors (Lipinski definition) is 3. The summed E-state index contributed by atoms with van der Waals surface area (Å²) in [5, 5.41) is 8.26. The molecular weight excluding hydrogens is 323 g/mol. The molecule has 0 fully saturated rings. The number of halogens is 2. The zero-order valence-corrected chi connectivity index (χ0v) is 14.7. The van der Waals surface area contributed by atoms with E-state index in [1.807, 2.05) is 25.1 Å². The Morgan fingerprint density at radius 2 is 2.10 bits per heavy atom. The lowest BCUT2D eigenvalue weighted by Gasteiger charge is -2.18. The van der Waals surface area contributed by atoms with Gasteiger partial charge in [-0.25, -0.2) is 4.98 Å². The minimum absolute atomic E-state index is 0.338. The van der Waals surface area contributed by atoms with Crippen molar-refractivity contribution < 1.29 is 0 Å². The van der Waals surface area contributed by atoms with Gasteiger partial charge in [-0.05, 0) is 44.0 Å². The van der Waals surface area contributed by atoms with E-state index < -0.39 is 0 Å². The lowest BCUT2D eigenvalue weighted by atomic mass is 10.0. The number of rotatable bonds is 7. The highest BCUT2D eigenvalue weighted by Gasteiger charge is 2.14. The van der Waals surface area contributed by atoms with Crippen LogP contribution in [0.25, 0.3) is 0 Å². The van der Waals surface area contributed by atoms with Crippen LogP contribution in [-0.4, -0.2) is 17.6 Å². The maximum Gasteiger partial charge on any atom is 0.0897 e. The molecule has 1 aromatic heterocycles. The van der Waals surface area contributed by atoms with Crippen LogP contribution in [0, 0.1) is 6.92 Å². The van der Waals surface area contributed by atoms with Gasteiger partial charge in [-0.15, -0.1) is 11.3 Å². The average molecular weight is 343 g/mol. The zero-order chi connectivity index (χ0) is 15.2. The number of aromatic nitrogens is 1. The molecule has 0 saturated carbocycles. The number of nitrogens with one attached hydrogen (secondary N) is 1. The van der Waals surface area contributed by atoms with Crippen LogP contribution in [0.15, 0.2) is 23.6 Å². The summed E-state index contributed by atoms with van der Waals surface area (Å²) in [6.45, 7) is 5.21. The fraction of sp³-hybridized carbons (Fsp3) is 0.438. The van der Waals surface area contributed by atoms with Crippen molar-refractivity contribution in [1.29, 1.82) is 0 Å². The molecule has 0 amide bonds. The molecule has 5 heteroatoms. The first-order valence-electron chi connectivity index (χ1n) is 7.16. The van der Waals surface area contributed by atoms with Gasteiger partial charge >= 0.3 is 0 Å². The second-order valence-corrected chi connectivity index (χ2v) is 7.06. The van der Waals surface area contributed by atoms with E-state index in [4.69, 9.17) is 23.2 Å². The highest BCUT2D eigenvalue weighted by atomic mass is 35.5. The van der Waals surface area contributed by atoms with Gasteiger partial charge < -0.3 is 5.32 Å². The SMILES string of the molecule is CCCNC(Cc1csc(C)n1)Cc1ccc(Cl)cc1Cl. The van der Waals surface area contributed by atoms with Crippen molar-refractivity contribution in [2.45, 2.75) is 39.2 Å². The third-order valence-electron chi connectivity index (χ3n) is 3.29. The van der Waals surface area contributed by atoms with E-state index in [-0.39, 0.29) is 0 Å². The number of aryl methyl sites for hydroxylation is 1. The fourth-order valence-electron chi connectivity index (χ4n) is 2.27. The molecule has 2 aromatic rings. The van der Waals surface area contributed by atoms with E-state index in [0.717, 1.165) is 47.1 Å². The molecule has 0 radical (unpaired) electrons. The molecule has 2 rings (SSSR count). The van der Waals surface area contributed by atoms with Gasteiger partial charge in [0.25, 0.3) is 0 Å². The van der Waals surface area contributed by atoms with Gasteiger partial charge in [-0.3, -0.25) is 0 Å². The Bertz CT molecular complexity index is 583. The Balaban J connectivity index is 2.08. The topological polar surface area (TPSA) is 24.9 Å². The lowest BCUT2D eigenvalue weighted by Crippen LogP contribution is -2.34. The van der Waals surface area contributed by atoms with Crippen molar-refractivity contribution in [3.8, 4) is 0 Å². The number of hydrogen-bond donors (Lipinski definition) is 1. The van der Waals surface area contributed by atoms with Crippen molar-refractivity contribution >= 4 is 34.5 Å². The van der Waals surface area contributed by atoms with E-state index >= 15 is 0 Å². The summed E-state index contributed by atoms with van der Waals surface area (Å²) in [4.78, 5) is 4.56. The minimum atomic E-state index is 0.338. The first-order chi connectivity index (χ1) is 10.1. The molecule has 0 aliphatic rings. The van der Waals surface area contributed by atoms with Crippen molar-refractivity contribution in [2.75, 3.05) is 6.54 Å². The molecule has 1 heterocycles.